The monoisotopic (exact) mass is 149 g/mol. The highest BCUT2D eigenvalue weighted by atomic mass is 32.2. The van der Waals surface area contributed by atoms with Crippen molar-refractivity contribution in [3.8, 4) is 0 Å². The SMILES string of the molecule is CCCC1CS(=O)(=O)N1. The molecule has 4 heteroatoms. The minimum absolute atomic E-state index is 0.236. The van der Waals surface area contributed by atoms with Crippen LogP contribution in [0.25, 0.3) is 0 Å². The summed E-state index contributed by atoms with van der Waals surface area (Å²) in [5.41, 5.74) is 0. The highest BCUT2D eigenvalue weighted by molar-refractivity contribution is 7.90. The van der Waals surface area contributed by atoms with Crippen molar-refractivity contribution in [2.75, 3.05) is 5.75 Å². The topological polar surface area (TPSA) is 46.2 Å². The second-order valence-electron chi connectivity index (χ2n) is 2.38. The van der Waals surface area contributed by atoms with E-state index in [9.17, 15) is 8.42 Å². The summed E-state index contributed by atoms with van der Waals surface area (Å²) in [6.07, 6.45) is 2.02. The van der Waals surface area contributed by atoms with Crippen LogP contribution in [0.5, 0.6) is 0 Å². The summed E-state index contributed by atoms with van der Waals surface area (Å²) in [5.74, 6) is 0.334. The Morgan fingerprint density at radius 1 is 1.67 bits per heavy atom. The maximum absolute atomic E-state index is 10.5. The van der Waals surface area contributed by atoms with E-state index in [1.807, 2.05) is 6.92 Å². The molecule has 1 aliphatic rings. The van der Waals surface area contributed by atoms with Crippen LogP contribution >= 0.6 is 0 Å². The Kier molecular flexibility index (Phi) is 1.77. The van der Waals surface area contributed by atoms with Gasteiger partial charge in [0, 0.05) is 6.04 Å². The van der Waals surface area contributed by atoms with Crippen molar-refractivity contribution in [1.29, 1.82) is 0 Å². The van der Waals surface area contributed by atoms with Crippen molar-refractivity contribution in [3.63, 3.8) is 0 Å². The molecule has 1 atom stereocenters. The minimum atomic E-state index is -2.80. The van der Waals surface area contributed by atoms with Gasteiger partial charge in [0.1, 0.15) is 0 Å². The molecule has 0 amide bonds. The molecule has 54 valence electrons. The van der Waals surface area contributed by atoms with E-state index < -0.39 is 10.0 Å². The van der Waals surface area contributed by atoms with Gasteiger partial charge in [0.15, 0.2) is 0 Å². The average molecular weight is 149 g/mol. The zero-order valence-corrected chi connectivity index (χ0v) is 6.24. The summed E-state index contributed by atoms with van der Waals surface area (Å²) in [6, 6.07) is 0.236. The first-order valence-electron chi connectivity index (χ1n) is 3.14. The van der Waals surface area contributed by atoms with Gasteiger partial charge in [-0.3, -0.25) is 0 Å². The predicted octanol–water partition coefficient (Wildman–Crippen LogP) is 0.0881. The number of sulfonamides is 1. The van der Waals surface area contributed by atoms with Crippen molar-refractivity contribution in [1.82, 2.24) is 4.72 Å². The molecule has 0 aliphatic carbocycles. The quantitative estimate of drug-likeness (QED) is 0.604. The van der Waals surface area contributed by atoms with Crippen LogP contribution < -0.4 is 4.72 Å². The second-order valence-corrected chi connectivity index (χ2v) is 4.18. The third-order valence-corrected chi connectivity index (χ3v) is 2.94. The van der Waals surface area contributed by atoms with Gasteiger partial charge in [0.25, 0.3) is 0 Å². The molecule has 1 saturated heterocycles. The van der Waals surface area contributed by atoms with Crippen molar-refractivity contribution in [3.05, 3.63) is 0 Å². The first-order chi connectivity index (χ1) is 4.14. The molecule has 0 radical (unpaired) electrons. The maximum atomic E-state index is 10.5. The zero-order valence-electron chi connectivity index (χ0n) is 5.42. The number of hydrogen-bond donors (Lipinski definition) is 1. The van der Waals surface area contributed by atoms with Crippen LogP contribution in [0.3, 0.4) is 0 Å². The smallest absolute Gasteiger partial charge is 0.212 e. The molecule has 0 aromatic carbocycles. The van der Waals surface area contributed by atoms with Gasteiger partial charge in [0.05, 0.1) is 5.75 Å². The predicted molar refractivity (Wildman–Crippen MR) is 35.6 cm³/mol. The summed E-state index contributed by atoms with van der Waals surface area (Å²) in [5, 5.41) is 0. The average Bonchev–Trinajstić information content (AvgIpc) is 1.62. The van der Waals surface area contributed by atoms with E-state index in [0.717, 1.165) is 12.8 Å². The van der Waals surface area contributed by atoms with Gasteiger partial charge in [-0.05, 0) is 6.42 Å². The van der Waals surface area contributed by atoms with Crippen LogP contribution in [-0.2, 0) is 10.0 Å². The largest absolute Gasteiger partial charge is 0.213 e. The molecule has 0 spiro atoms. The standard InChI is InChI=1S/C5H11NO2S/c1-2-3-5-4-9(7,8)6-5/h5-6H,2-4H2,1H3. The molecule has 1 rings (SSSR count). The van der Waals surface area contributed by atoms with Crippen molar-refractivity contribution < 1.29 is 8.42 Å². The summed E-state index contributed by atoms with van der Waals surface area (Å²) in [4.78, 5) is 0. The molecule has 3 nitrogen and oxygen atoms in total. The molecular weight excluding hydrogens is 138 g/mol. The Hall–Kier alpha value is -0.0900. The lowest BCUT2D eigenvalue weighted by molar-refractivity contribution is 0.494. The van der Waals surface area contributed by atoms with Gasteiger partial charge in [-0.2, -0.15) is 0 Å². The third kappa shape index (κ3) is 1.66. The molecule has 1 aliphatic heterocycles. The van der Waals surface area contributed by atoms with E-state index in [2.05, 4.69) is 4.72 Å². The Bertz CT molecular complexity index is 173. The molecular formula is C5H11NO2S. The third-order valence-electron chi connectivity index (χ3n) is 1.40. The Labute approximate surface area is 55.5 Å². The van der Waals surface area contributed by atoms with Gasteiger partial charge < -0.3 is 0 Å². The molecule has 1 N–H and O–H groups in total. The molecule has 0 bridgehead atoms. The zero-order chi connectivity index (χ0) is 6.91. The highest BCUT2D eigenvalue weighted by Gasteiger charge is 2.30. The summed E-state index contributed by atoms with van der Waals surface area (Å²) >= 11 is 0. The molecule has 1 heterocycles. The van der Waals surface area contributed by atoms with Gasteiger partial charge >= 0.3 is 0 Å². The Morgan fingerprint density at radius 3 is 2.56 bits per heavy atom. The molecule has 9 heavy (non-hydrogen) atoms. The fourth-order valence-electron chi connectivity index (χ4n) is 0.992. The minimum Gasteiger partial charge on any atom is -0.212 e. The van der Waals surface area contributed by atoms with E-state index in [-0.39, 0.29) is 6.04 Å². The van der Waals surface area contributed by atoms with Crippen LogP contribution in [0.15, 0.2) is 0 Å². The van der Waals surface area contributed by atoms with E-state index in [1.165, 1.54) is 0 Å². The molecule has 1 fully saturated rings. The van der Waals surface area contributed by atoms with Crippen molar-refractivity contribution in [2.24, 2.45) is 0 Å². The van der Waals surface area contributed by atoms with E-state index in [1.54, 1.807) is 0 Å². The fraction of sp³-hybridized carbons (Fsp3) is 1.00. The highest BCUT2D eigenvalue weighted by Crippen LogP contribution is 2.10. The molecule has 0 saturated carbocycles. The van der Waals surface area contributed by atoms with E-state index in [0.29, 0.717) is 5.75 Å². The number of rotatable bonds is 2. The first-order valence-corrected chi connectivity index (χ1v) is 4.79. The van der Waals surface area contributed by atoms with Crippen LogP contribution in [0, 0.1) is 0 Å². The van der Waals surface area contributed by atoms with Crippen LogP contribution in [0.4, 0.5) is 0 Å². The Balaban J connectivity index is 2.28. The summed E-state index contributed by atoms with van der Waals surface area (Å²) < 4.78 is 23.4. The van der Waals surface area contributed by atoms with Crippen molar-refractivity contribution >= 4 is 10.0 Å². The van der Waals surface area contributed by atoms with Crippen LogP contribution in [-0.4, -0.2) is 20.2 Å². The van der Waals surface area contributed by atoms with Crippen LogP contribution in [0.2, 0.25) is 0 Å². The molecule has 0 aromatic heterocycles. The van der Waals surface area contributed by atoms with Crippen molar-refractivity contribution in [2.45, 2.75) is 25.8 Å². The van der Waals surface area contributed by atoms with Crippen LogP contribution in [0.1, 0.15) is 19.8 Å². The fourth-order valence-corrected chi connectivity index (χ4v) is 2.28. The molecule has 1 unspecified atom stereocenters. The van der Waals surface area contributed by atoms with E-state index in [4.69, 9.17) is 0 Å². The Morgan fingerprint density at radius 2 is 2.22 bits per heavy atom. The van der Waals surface area contributed by atoms with Gasteiger partial charge in [0.2, 0.25) is 10.0 Å². The lowest BCUT2D eigenvalue weighted by atomic mass is 10.2. The summed E-state index contributed by atoms with van der Waals surface area (Å²) in [7, 11) is -2.80. The lowest BCUT2D eigenvalue weighted by Gasteiger charge is -2.26. The van der Waals surface area contributed by atoms with Gasteiger partial charge in [-0.1, -0.05) is 13.3 Å². The van der Waals surface area contributed by atoms with Gasteiger partial charge in [-0.25, -0.2) is 13.1 Å². The summed E-state index contributed by atoms with van der Waals surface area (Å²) in [6.45, 7) is 2.05. The van der Waals surface area contributed by atoms with E-state index >= 15 is 0 Å². The normalized spacial score (nSPS) is 31.4. The maximum Gasteiger partial charge on any atom is 0.213 e. The second kappa shape index (κ2) is 2.27. The molecule has 0 aromatic rings. The van der Waals surface area contributed by atoms with Gasteiger partial charge in [-0.15, -0.1) is 0 Å². The lowest BCUT2D eigenvalue weighted by Crippen LogP contribution is -2.52. The first kappa shape index (κ1) is 7.02. The number of hydrogen-bond acceptors (Lipinski definition) is 2. The number of nitrogens with one attached hydrogen (secondary N) is 1.